The number of aliphatic hydroxyl groups is 1. The molecule has 4 nitrogen and oxygen atoms in total. The Hall–Kier alpha value is -1.76. The highest BCUT2D eigenvalue weighted by Gasteiger charge is 2.17. The van der Waals surface area contributed by atoms with Gasteiger partial charge in [0.15, 0.2) is 0 Å². The molecule has 0 fully saturated rings. The number of aliphatic hydroxyl groups excluding tert-OH is 1. The maximum atomic E-state index is 13.6. The molecule has 0 spiro atoms. The van der Waals surface area contributed by atoms with Crippen LogP contribution in [-0.2, 0) is 6.42 Å². The van der Waals surface area contributed by atoms with Crippen molar-refractivity contribution in [1.82, 2.24) is 10.3 Å². The molecule has 24 heavy (non-hydrogen) atoms. The number of hydrogen-bond donors (Lipinski definition) is 2. The Morgan fingerprint density at radius 3 is 2.71 bits per heavy atom. The molecular formula is C16H14Cl2F2N2O2. The van der Waals surface area contributed by atoms with Crippen LogP contribution >= 0.6 is 23.2 Å². The summed E-state index contributed by atoms with van der Waals surface area (Å²) in [5, 5.41) is 12.2. The fraction of sp³-hybridized carbons (Fsp3) is 0.250. The Balaban J connectivity index is 2.01. The van der Waals surface area contributed by atoms with Gasteiger partial charge in [-0.2, -0.15) is 0 Å². The van der Waals surface area contributed by atoms with Crippen molar-refractivity contribution in [2.45, 2.75) is 6.42 Å². The van der Waals surface area contributed by atoms with E-state index in [2.05, 4.69) is 10.3 Å². The van der Waals surface area contributed by atoms with Crippen molar-refractivity contribution in [2.24, 2.45) is 5.92 Å². The number of carbonyl (C=O) groups is 1. The van der Waals surface area contributed by atoms with Crippen LogP contribution < -0.4 is 5.32 Å². The number of benzene rings is 1. The zero-order valence-corrected chi connectivity index (χ0v) is 13.9. The predicted molar refractivity (Wildman–Crippen MR) is 87.2 cm³/mol. The molecule has 1 heterocycles. The summed E-state index contributed by atoms with van der Waals surface area (Å²) in [4.78, 5) is 15.9. The van der Waals surface area contributed by atoms with Crippen LogP contribution in [0.25, 0.3) is 0 Å². The Morgan fingerprint density at radius 2 is 2.00 bits per heavy atom. The van der Waals surface area contributed by atoms with E-state index in [1.165, 1.54) is 12.1 Å². The first-order valence-electron chi connectivity index (χ1n) is 7.05. The van der Waals surface area contributed by atoms with Crippen molar-refractivity contribution in [1.29, 1.82) is 0 Å². The molecule has 2 rings (SSSR count). The lowest BCUT2D eigenvalue weighted by Gasteiger charge is -2.16. The van der Waals surface area contributed by atoms with Gasteiger partial charge in [-0.15, -0.1) is 0 Å². The quantitative estimate of drug-likeness (QED) is 0.762. The summed E-state index contributed by atoms with van der Waals surface area (Å²) in [6.07, 6.45) is 0.0665. The lowest BCUT2D eigenvalue weighted by molar-refractivity contribution is 0.0935. The van der Waals surface area contributed by atoms with Gasteiger partial charge >= 0.3 is 0 Å². The molecule has 0 aliphatic heterocycles. The highest BCUT2D eigenvalue weighted by molar-refractivity contribution is 6.34. The SMILES string of the molecule is O=C(NC[C@@H](CO)Cc1cc(F)ccc1F)c1nc(Cl)ccc1Cl. The highest BCUT2D eigenvalue weighted by Crippen LogP contribution is 2.17. The van der Waals surface area contributed by atoms with E-state index in [0.29, 0.717) is 0 Å². The molecule has 1 atom stereocenters. The molecule has 2 aromatic rings. The fourth-order valence-corrected chi connectivity index (χ4v) is 2.45. The van der Waals surface area contributed by atoms with Crippen molar-refractivity contribution >= 4 is 29.1 Å². The number of pyridine rings is 1. The van der Waals surface area contributed by atoms with E-state index in [-0.39, 0.29) is 41.0 Å². The minimum atomic E-state index is -0.569. The van der Waals surface area contributed by atoms with Crippen LogP contribution in [-0.4, -0.2) is 29.1 Å². The summed E-state index contributed by atoms with van der Waals surface area (Å²) < 4.78 is 26.8. The molecule has 0 saturated carbocycles. The molecule has 1 aromatic carbocycles. The van der Waals surface area contributed by atoms with Gasteiger partial charge in [-0.05, 0) is 42.3 Å². The molecule has 0 aliphatic carbocycles. The highest BCUT2D eigenvalue weighted by atomic mass is 35.5. The molecule has 0 aliphatic rings. The molecule has 8 heteroatoms. The first-order valence-corrected chi connectivity index (χ1v) is 7.81. The van der Waals surface area contributed by atoms with Gasteiger partial charge in [-0.1, -0.05) is 23.2 Å². The monoisotopic (exact) mass is 374 g/mol. The Labute approximate surface area is 147 Å². The normalized spacial score (nSPS) is 12.0. The summed E-state index contributed by atoms with van der Waals surface area (Å²) >= 11 is 11.6. The number of carbonyl (C=O) groups excluding carboxylic acids is 1. The van der Waals surface area contributed by atoms with E-state index >= 15 is 0 Å². The molecule has 2 N–H and O–H groups in total. The number of halogens is 4. The second-order valence-electron chi connectivity index (χ2n) is 5.16. The third-order valence-corrected chi connectivity index (χ3v) is 3.87. The van der Waals surface area contributed by atoms with Gasteiger partial charge in [0.1, 0.15) is 22.5 Å². The summed E-state index contributed by atoms with van der Waals surface area (Å²) in [6.45, 7) is -0.275. The molecule has 0 radical (unpaired) electrons. The molecule has 0 saturated heterocycles. The van der Waals surface area contributed by atoms with Crippen molar-refractivity contribution in [3.8, 4) is 0 Å². The smallest absolute Gasteiger partial charge is 0.271 e. The maximum absolute atomic E-state index is 13.6. The number of rotatable bonds is 6. The lowest BCUT2D eigenvalue weighted by atomic mass is 9.99. The predicted octanol–water partition coefficient (Wildman–Crippen LogP) is 3.25. The van der Waals surface area contributed by atoms with Gasteiger partial charge < -0.3 is 10.4 Å². The number of nitrogens with one attached hydrogen (secondary N) is 1. The summed E-state index contributed by atoms with van der Waals surface area (Å²) in [6, 6.07) is 5.99. The van der Waals surface area contributed by atoms with Gasteiger partial charge in [-0.25, -0.2) is 13.8 Å². The molecule has 0 bridgehead atoms. The topological polar surface area (TPSA) is 62.2 Å². The van der Waals surface area contributed by atoms with Crippen molar-refractivity contribution < 1.29 is 18.7 Å². The maximum Gasteiger partial charge on any atom is 0.271 e. The third-order valence-electron chi connectivity index (χ3n) is 3.35. The molecule has 1 amide bonds. The van der Waals surface area contributed by atoms with E-state index in [0.717, 1.165) is 18.2 Å². The van der Waals surface area contributed by atoms with Crippen LogP contribution in [0.1, 0.15) is 16.1 Å². The summed E-state index contributed by atoms with van der Waals surface area (Å²) in [5.74, 6) is -2.20. The van der Waals surface area contributed by atoms with Crippen LogP contribution in [0.15, 0.2) is 30.3 Å². The van der Waals surface area contributed by atoms with Crippen LogP contribution in [0.2, 0.25) is 10.2 Å². The molecular weight excluding hydrogens is 361 g/mol. The minimum Gasteiger partial charge on any atom is -0.396 e. The molecule has 0 unspecified atom stereocenters. The van der Waals surface area contributed by atoms with Crippen LogP contribution in [0.5, 0.6) is 0 Å². The standard InChI is InChI=1S/C16H14Cl2F2N2O2/c17-12-2-4-14(18)22-15(12)16(24)21-7-9(8-23)5-10-6-11(19)1-3-13(10)20/h1-4,6,9,23H,5,7-8H2,(H,21,24)/t9-/m0/s1. The first kappa shape index (κ1) is 18.6. The average molecular weight is 375 g/mol. The van der Waals surface area contributed by atoms with Gasteiger partial charge in [0.2, 0.25) is 0 Å². The zero-order chi connectivity index (χ0) is 17.7. The Kier molecular flexibility index (Phi) is 6.48. The van der Waals surface area contributed by atoms with E-state index in [9.17, 15) is 18.7 Å². The van der Waals surface area contributed by atoms with Crippen molar-refractivity contribution in [3.63, 3.8) is 0 Å². The number of amides is 1. The Bertz CT molecular complexity index is 744. The average Bonchev–Trinajstić information content (AvgIpc) is 2.56. The van der Waals surface area contributed by atoms with Gasteiger partial charge in [0.05, 0.1) is 5.02 Å². The number of hydrogen-bond acceptors (Lipinski definition) is 3. The summed E-state index contributed by atoms with van der Waals surface area (Å²) in [5.41, 5.74) is 0.0833. The minimum absolute atomic E-state index is 0.0375. The molecule has 128 valence electrons. The van der Waals surface area contributed by atoms with Gasteiger partial charge in [0, 0.05) is 19.1 Å². The number of aromatic nitrogens is 1. The van der Waals surface area contributed by atoms with E-state index in [1.807, 2.05) is 0 Å². The van der Waals surface area contributed by atoms with E-state index < -0.39 is 23.5 Å². The lowest BCUT2D eigenvalue weighted by Crippen LogP contribution is -2.32. The van der Waals surface area contributed by atoms with Crippen LogP contribution in [0.4, 0.5) is 8.78 Å². The summed E-state index contributed by atoms with van der Waals surface area (Å²) in [7, 11) is 0. The third kappa shape index (κ3) is 4.87. The van der Waals surface area contributed by atoms with Gasteiger partial charge in [0.25, 0.3) is 5.91 Å². The van der Waals surface area contributed by atoms with E-state index in [4.69, 9.17) is 23.2 Å². The molecule has 1 aromatic heterocycles. The van der Waals surface area contributed by atoms with Gasteiger partial charge in [-0.3, -0.25) is 4.79 Å². The van der Waals surface area contributed by atoms with Crippen molar-refractivity contribution in [2.75, 3.05) is 13.2 Å². The van der Waals surface area contributed by atoms with Crippen molar-refractivity contribution in [3.05, 3.63) is 63.4 Å². The second kappa shape index (κ2) is 8.37. The second-order valence-corrected chi connectivity index (χ2v) is 5.96. The van der Waals surface area contributed by atoms with E-state index in [1.54, 1.807) is 0 Å². The fourth-order valence-electron chi connectivity index (χ4n) is 2.11. The first-order chi connectivity index (χ1) is 11.4. The number of nitrogens with zero attached hydrogens (tertiary/aromatic N) is 1. The Morgan fingerprint density at radius 1 is 1.25 bits per heavy atom. The zero-order valence-electron chi connectivity index (χ0n) is 12.4. The van der Waals surface area contributed by atoms with Crippen LogP contribution in [0, 0.1) is 17.6 Å². The van der Waals surface area contributed by atoms with Crippen LogP contribution in [0.3, 0.4) is 0 Å². The largest absolute Gasteiger partial charge is 0.396 e.